The van der Waals surface area contributed by atoms with Crippen LogP contribution in [0.4, 0.5) is 0 Å². The van der Waals surface area contributed by atoms with Gasteiger partial charge in [-0.1, -0.05) is 13.8 Å². The first kappa shape index (κ1) is 11.0. The van der Waals surface area contributed by atoms with Gasteiger partial charge in [0.25, 0.3) is 0 Å². The van der Waals surface area contributed by atoms with E-state index < -0.39 is 5.97 Å². The molecule has 86 valence electrons. The second-order valence-electron chi connectivity index (χ2n) is 4.42. The summed E-state index contributed by atoms with van der Waals surface area (Å²) in [5, 5.41) is 9.00. The lowest BCUT2D eigenvalue weighted by molar-refractivity contribution is 0.0689. The molecule has 0 aliphatic heterocycles. The monoisotopic (exact) mass is 220 g/mol. The van der Waals surface area contributed by atoms with E-state index in [1.165, 1.54) is 0 Å². The van der Waals surface area contributed by atoms with Gasteiger partial charge in [0.1, 0.15) is 5.82 Å². The molecule has 0 bridgehead atoms. The van der Waals surface area contributed by atoms with Crippen molar-refractivity contribution < 1.29 is 9.90 Å². The van der Waals surface area contributed by atoms with E-state index >= 15 is 0 Å². The maximum Gasteiger partial charge on any atom is 0.354 e. The van der Waals surface area contributed by atoms with E-state index in [0.717, 1.165) is 30.8 Å². The molecule has 4 nitrogen and oxygen atoms in total. The zero-order chi connectivity index (χ0) is 11.7. The molecule has 1 aliphatic carbocycles. The van der Waals surface area contributed by atoms with Crippen LogP contribution in [0, 0.1) is 0 Å². The SMILES string of the molecule is CC[C@H](C)c1cc(C(=O)O)nc(C2CC2)n1. The Bertz CT molecular complexity index is 413. The summed E-state index contributed by atoms with van der Waals surface area (Å²) >= 11 is 0. The summed E-state index contributed by atoms with van der Waals surface area (Å²) in [7, 11) is 0. The summed E-state index contributed by atoms with van der Waals surface area (Å²) in [5.74, 6) is 0.435. The van der Waals surface area contributed by atoms with Crippen LogP contribution in [0.25, 0.3) is 0 Å². The van der Waals surface area contributed by atoms with Gasteiger partial charge in [-0.2, -0.15) is 0 Å². The van der Waals surface area contributed by atoms with E-state index in [9.17, 15) is 4.79 Å². The molecule has 2 rings (SSSR count). The van der Waals surface area contributed by atoms with Gasteiger partial charge >= 0.3 is 5.97 Å². The Balaban J connectivity index is 2.40. The minimum atomic E-state index is -0.964. The molecule has 0 radical (unpaired) electrons. The highest BCUT2D eigenvalue weighted by Gasteiger charge is 2.28. The molecule has 16 heavy (non-hydrogen) atoms. The summed E-state index contributed by atoms with van der Waals surface area (Å²) in [6.07, 6.45) is 3.13. The zero-order valence-electron chi connectivity index (χ0n) is 9.60. The highest BCUT2D eigenvalue weighted by molar-refractivity contribution is 5.85. The molecule has 0 unspecified atom stereocenters. The molecule has 1 aromatic rings. The molecule has 1 N–H and O–H groups in total. The highest BCUT2D eigenvalue weighted by Crippen LogP contribution is 2.38. The zero-order valence-corrected chi connectivity index (χ0v) is 9.60. The average molecular weight is 220 g/mol. The van der Waals surface area contributed by atoms with E-state index in [4.69, 9.17) is 5.11 Å². The number of carboxylic acid groups (broad SMARTS) is 1. The normalized spacial score (nSPS) is 17.1. The first-order chi connectivity index (χ1) is 7.61. The van der Waals surface area contributed by atoms with E-state index in [1.54, 1.807) is 6.07 Å². The number of carboxylic acids is 1. The lowest BCUT2D eigenvalue weighted by atomic mass is 10.0. The van der Waals surface area contributed by atoms with Crippen LogP contribution in [-0.4, -0.2) is 21.0 Å². The predicted molar refractivity (Wildman–Crippen MR) is 59.7 cm³/mol. The van der Waals surface area contributed by atoms with Crippen LogP contribution < -0.4 is 0 Å². The Morgan fingerprint density at radius 2 is 2.25 bits per heavy atom. The third-order valence-electron chi connectivity index (χ3n) is 3.04. The number of nitrogens with zero attached hydrogens (tertiary/aromatic N) is 2. The second kappa shape index (κ2) is 4.20. The van der Waals surface area contributed by atoms with Crippen molar-refractivity contribution in [2.24, 2.45) is 0 Å². The van der Waals surface area contributed by atoms with Crippen molar-refractivity contribution in [2.75, 3.05) is 0 Å². The van der Waals surface area contributed by atoms with Gasteiger partial charge < -0.3 is 5.11 Å². The molecule has 1 fully saturated rings. The molecule has 0 saturated heterocycles. The van der Waals surface area contributed by atoms with Gasteiger partial charge in [0.05, 0.1) is 0 Å². The third-order valence-corrected chi connectivity index (χ3v) is 3.04. The van der Waals surface area contributed by atoms with Crippen LogP contribution in [0.15, 0.2) is 6.07 Å². The quantitative estimate of drug-likeness (QED) is 0.847. The molecule has 4 heteroatoms. The van der Waals surface area contributed by atoms with Crippen molar-refractivity contribution in [1.82, 2.24) is 9.97 Å². The van der Waals surface area contributed by atoms with Crippen molar-refractivity contribution in [1.29, 1.82) is 0 Å². The number of carbonyl (C=O) groups is 1. The number of aromatic nitrogens is 2. The fourth-order valence-corrected chi connectivity index (χ4v) is 1.58. The van der Waals surface area contributed by atoms with Gasteiger partial charge in [0.15, 0.2) is 5.69 Å². The van der Waals surface area contributed by atoms with Gasteiger partial charge in [0.2, 0.25) is 0 Å². The molecule has 1 aliphatic rings. The number of rotatable bonds is 4. The van der Waals surface area contributed by atoms with Crippen molar-refractivity contribution in [3.8, 4) is 0 Å². The number of hydrogen-bond acceptors (Lipinski definition) is 3. The third kappa shape index (κ3) is 2.21. The van der Waals surface area contributed by atoms with Gasteiger partial charge in [-0.3, -0.25) is 0 Å². The predicted octanol–water partition coefficient (Wildman–Crippen LogP) is 2.57. The minimum Gasteiger partial charge on any atom is -0.477 e. The first-order valence-corrected chi connectivity index (χ1v) is 5.74. The Morgan fingerprint density at radius 1 is 1.56 bits per heavy atom. The molecule has 0 aromatic carbocycles. The van der Waals surface area contributed by atoms with Crippen molar-refractivity contribution in [2.45, 2.75) is 44.9 Å². The molecule has 1 saturated carbocycles. The fraction of sp³-hybridized carbons (Fsp3) is 0.583. The average Bonchev–Trinajstić information content (AvgIpc) is 3.11. The molecule has 0 amide bonds. The van der Waals surface area contributed by atoms with E-state index in [-0.39, 0.29) is 5.69 Å². The highest BCUT2D eigenvalue weighted by atomic mass is 16.4. The van der Waals surface area contributed by atoms with Crippen molar-refractivity contribution >= 4 is 5.97 Å². The molecular weight excluding hydrogens is 204 g/mol. The summed E-state index contributed by atoms with van der Waals surface area (Å²) in [5.41, 5.74) is 0.990. The number of aromatic carboxylic acids is 1. The lowest BCUT2D eigenvalue weighted by Crippen LogP contribution is -2.09. The van der Waals surface area contributed by atoms with Crippen LogP contribution in [0.5, 0.6) is 0 Å². The minimum absolute atomic E-state index is 0.132. The standard InChI is InChI=1S/C12H16N2O2/c1-3-7(2)9-6-10(12(15)16)14-11(13-9)8-4-5-8/h6-8H,3-5H2,1-2H3,(H,15,16)/t7-/m0/s1. The van der Waals surface area contributed by atoms with Gasteiger partial charge in [-0.05, 0) is 31.2 Å². The Labute approximate surface area is 94.7 Å². The Kier molecular flexibility index (Phi) is 2.90. The molecule has 1 aromatic heterocycles. The molecule has 1 atom stereocenters. The first-order valence-electron chi connectivity index (χ1n) is 5.74. The maximum absolute atomic E-state index is 11.0. The van der Waals surface area contributed by atoms with Crippen molar-refractivity contribution in [3.05, 3.63) is 23.3 Å². The molecular formula is C12H16N2O2. The summed E-state index contributed by atoms with van der Waals surface area (Å²) < 4.78 is 0. The van der Waals surface area contributed by atoms with Crippen LogP contribution in [0.2, 0.25) is 0 Å². The van der Waals surface area contributed by atoms with Crippen molar-refractivity contribution in [3.63, 3.8) is 0 Å². The van der Waals surface area contributed by atoms with Gasteiger partial charge in [-0.15, -0.1) is 0 Å². The summed E-state index contributed by atoms with van der Waals surface area (Å²) in [4.78, 5) is 19.5. The Hall–Kier alpha value is -1.45. The second-order valence-corrected chi connectivity index (χ2v) is 4.42. The molecule has 1 heterocycles. The largest absolute Gasteiger partial charge is 0.477 e. The summed E-state index contributed by atoms with van der Waals surface area (Å²) in [6.45, 7) is 4.13. The van der Waals surface area contributed by atoms with E-state index in [1.807, 2.05) is 0 Å². The van der Waals surface area contributed by atoms with Gasteiger partial charge in [0, 0.05) is 11.6 Å². The fourth-order valence-electron chi connectivity index (χ4n) is 1.58. The van der Waals surface area contributed by atoms with Gasteiger partial charge in [-0.25, -0.2) is 14.8 Å². The topological polar surface area (TPSA) is 63.1 Å². The number of hydrogen-bond donors (Lipinski definition) is 1. The smallest absolute Gasteiger partial charge is 0.354 e. The van der Waals surface area contributed by atoms with Crippen LogP contribution in [0.1, 0.15) is 67.0 Å². The molecule has 0 spiro atoms. The van der Waals surface area contributed by atoms with E-state index in [2.05, 4.69) is 23.8 Å². The van der Waals surface area contributed by atoms with Crippen LogP contribution in [0.3, 0.4) is 0 Å². The Morgan fingerprint density at radius 3 is 2.75 bits per heavy atom. The van der Waals surface area contributed by atoms with Crippen LogP contribution >= 0.6 is 0 Å². The maximum atomic E-state index is 11.0. The lowest BCUT2D eigenvalue weighted by Gasteiger charge is -2.10. The van der Waals surface area contributed by atoms with E-state index in [0.29, 0.717) is 11.8 Å². The van der Waals surface area contributed by atoms with Crippen LogP contribution in [-0.2, 0) is 0 Å². The summed E-state index contributed by atoms with van der Waals surface area (Å²) in [6, 6.07) is 1.60.